The lowest BCUT2D eigenvalue weighted by Gasteiger charge is -2.03. The summed E-state index contributed by atoms with van der Waals surface area (Å²) in [5.41, 5.74) is 3.67. The normalized spacial score (nSPS) is 10.8. The zero-order valence-electron chi connectivity index (χ0n) is 12.3. The first-order valence-corrected chi connectivity index (χ1v) is 8.68. The first-order valence-electron chi connectivity index (χ1n) is 6.98. The second-order valence-corrected chi connectivity index (χ2v) is 6.90. The predicted molar refractivity (Wildman–Crippen MR) is 91.9 cm³/mol. The van der Waals surface area contributed by atoms with Gasteiger partial charge in [-0.2, -0.15) is 0 Å². The number of thiophene rings is 1. The van der Waals surface area contributed by atoms with Gasteiger partial charge < -0.3 is 5.11 Å². The molecular formula is C17H15NO2S2. The molecule has 3 aromatic rings. The molecule has 112 valence electrons. The number of carbonyl (C=O) groups is 1. The molecule has 3 rings (SSSR count). The summed E-state index contributed by atoms with van der Waals surface area (Å²) in [5.74, 6) is -0.950. The lowest BCUT2D eigenvalue weighted by molar-refractivity contribution is 0.0690. The van der Waals surface area contributed by atoms with Gasteiger partial charge >= 0.3 is 5.97 Å². The molecule has 0 radical (unpaired) electrons. The number of thiazole rings is 1. The van der Waals surface area contributed by atoms with Crippen LogP contribution in [0.15, 0.2) is 35.7 Å². The van der Waals surface area contributed by atoms with Crippen LogP contribution in [0.3, 0.4) is 0 Å². The standard InChI is InChI=1S/C17H15NO2S2/c1-3-12-14(17(19)20)18-16(22-12)15-13(10(2)9-21-15)11-7-5-4-6-8-11/h4-9H,3H2,1-2H3,(H,19,20). The van der Waals surface area contributed by atoms with E-state index in [1.54, 1.807) is 11.3 Å². The molecule has 3 nitrogen and oxygen atoms in total. The molecule has 22 heavy (non-hydrogen) atoms. The molecule has 0 aliphatic carbocycles. The third kappa shape index (κ3) is 2.58. The Kier molecular flexibility index (Phi) is 4.09. The first-order chi connectivity index (χ1) is 10.6. The second-order valence-electron chi connectivity index (χ2n) is 4.94. The lowest BCUT2D eigenvalue weighted by Crippen LogP contribution is -1.99. The second kappa shape index (κ2) is 6.02. The molecule has 2 aromatic heterocycles. The summed E-state index contributed by atoms with van der Waals surface area (Å²) in [6, 6.07) is 10.2. The van der Waals surface area contributed by atoms with Crippen molar-refractivity contribution in [1.29, 1.82) is 0 Å². The quantitative estimate of drug-likeness (QED) is 0.724. The number of carboxylic acid groups (broad SMARTS) is 1. The van der Waals surface area contributed by atoms with Crippen LogP contribution in [-0.2, 0) is 6.42 Å². The van der Waals surface area contributed by atoms with Gasteiger partial charge in [0.25, 0.3) is 0 Å². The van der Waals surface area contributed by atoms with Gasteiger partial charge in [0, 0.05) is 10.4 Å². The van der Waals surface area contributed by atoms with Crippen molar-refractivity contribution in [2.75, 3.05) is 0 Å². The van der Waals surface area contributed by atoms with Crippen molar-refractivity contribution in [2.45, 2.75) is 20.3 Å². The Bertz CT molecular complexity index is 819. The van der Waals surface area contributed by atoms with E-state index < -0.39 is 5.97 Å². The van der Waals surface area contributed by atoms with Crippen LogP contribution in [0.1, 0.15) is 27.9 Å². The molecule has 0 aliphatic rings. The van der Waals surface area contributed by atoms with Crippen LogP contribution in [0.25, 0.3) is 21.0 Å². The molecule has 2 heterocycles. The largest absolute Gasteiger partial charge is 0.476 e. The van der Waals surface area contributed by atoms with Gasteiger partial charge in [-0.1, -0.05) is 37.3 Å². The first kappa shape index (κ1) is 14.9. The Hall–Kier alpha value is -1.98. The highest BCUT2D eigenvalue weighted by molar-refractivity contribution is 7.21. The molecule has 0 amide bonds. The highest BCUT2D eigenvalue weighted by atomic mass is 32.1. The Morgan fingerprint density at radius 2 is 2.00 bits per heavy atom. The average molecular weight is 329 g/mol. The Balaban J connectivity index is 2.17. The molecule has 0 aliphatic heterocycles. The molecule has 0 fully saturated rings. The van der Waals surface area contributed by atoms with Crippen LogP contribution in [0, 0.1) is 6.92 Å². The van der Waals surface area contributed by atoms with Crippen molar-refractivity contribution in [1.82, 2.24) is 4.98 Å². The minimum absolute atomic E-state index is 0.188. The summed E-state index contributed by atoms with van der Waals surface area (Å²) >= 11 is 3.10. The summed E-state index contributed by atoms with van der Waals surface area (Å²) in [5, 5.41) is 12.2. The molecule has 0 saturated heterocycles. The maximum atomic E-state index is 11.3. The number of nitrogens with zero attached hydrogens (tertiary/aromatic N) is 1. The molecule has 0 unspecified atom stereocenters. The van der Waals surface area contributed by atoms with Crippen molar-refractivity contribution in [3.05, 3.63) is 51.8 Å². The van der Waals surface area contributed by atoms with E-state index in [-0.39, 0.29) is 5.69 Å². The number of aromatic nitrogens is 1. The Labute approximate surface area is 136 Å². The summed E-state index contributed by atoms with van der Waals surface area (Å²) < 4.78 is 0. The van der Waals surface area contributed by atoms with E-state index in [0.29, 0.717) is 6.42 Å². The van der Waals surface area contributed by atoms with E-state index in [4.69, 9.17) is 0 Å². The maximum absolute atomic E-state index is 11.3. The molecule has 0 saturated carbocycles. The molecule has 1 aromatic carbocycles. The monoisotopic (exact) mass is 329 g/mol. The van der Waals surface area contributed by atoms with Crippen molar-refractivity contribution >= 4 is 28.6 Å². The van der Waals surface area contributed by atoms with Crippen LogP contribution in [0.4, 0.5) is 0 Å². The van der Waals surface area contributed by atoms with Crippen LogP contribution < -0.4 is 0 Å². The van der Waals surface area contributed by atoms with Crippen LogP contribution in [-0.4, -0.2) is 16.1 Å². The third-order valence-electron chi connectivity index (χ3n) is 3.45. The van der Waals surface area contributed by atoms with Crippen molar-refractivity contribution < 1.29 is 9.90 Å². The van der Waals surface area contributed by atoms with Crippen LogP contribution in [0.2, 0.25) is 0 Å². The van der Waals surface area contributed by atoms with Gasteiger partial charge in [0.1, 0.15) is 5.01 Å². The third-order valence-corrected chi connectivity index (χ3v) is 5.90. The number of aromatic carboxylic acids is 1. The molecule has 0 atom stereocenters. The fourth-order valence-corrected chi connectivity index (χ4v) is 4.58. The number of aryl methyl sites for hydroxylation is 2. The van der Waals surface area contributed by atoms with Gasteiger partial charge in [0.05, 0.1) is 4.88 Å². The van der Waals surface area contributed by atoms with Crippen molar-refractivity contribution in [3.8, 4) is 21.0 Å². The van der Waals surface area contributed by atoms with Gasteiger partial charge in [-0.3, -0.25) is 0 Å². The van der Waals surface area contributed by atoms with E-state index in [1.165, 1.54) is 16.9 Å². The topological polar surface area (TPSA) is 50.2 Å². The van der Waals surface area contributed by atoms with Gasteiger partial charge in [-0.15, -0.1) is 22.7 Å². The minimum Gasteiger partial charge on any atom is -0.476 e. The number of hydrogen-bond donors (Lipinski definition) is 1. The zero-order chi connectivity index (χ0) is 15.7. The number of rotatable bonds is 4. The summed E-state index contributed by atoms with van der Waals surface area (Å²) in [6.07, 6.45) is 0.685. The molecule has 5 heteroatoms. The predicted octanol–water partition coefficient (Wildman–Crippen LogP) is 5.11. The highest BCUT2D eigenvalue weighted by Crippen LogP contribution is 2.42. The molecule has 0 spiro atoms. The van der Waals surface area contributed by atoms with E-state index in [1.807, 2.05) is 25.1 Å². The number of benzene rings is 1. The van der Waals surface area contributed by atoms with Gasteiger partial charge in [0.2, 0.25) is 0 Å². The summed E-state index contributed by atoms with van der Waals surface area (Å²) in [7, 11) is 0. The lowest BCUT2D eigenvalue weighted by atomic mass is 10.0. The summed E-state index contributed by atoms with van der Waals surface area (Å²) in [6.45, 7) is 4.04. The van der Waals surface area contributed by atoms with E-state index in [2.05, 4.69) is 29.4 Å². The fraction of sp³-hybridized carbons (Fsp3) is 0.176. The average Bonchev–Trinajstić information content (AvgIpc) is 3.11. The minimum atomic E-state index is -0.950. The number of hydrogen-bond acceptors (Lipinski definition) is 4. The van der Waals surface area contributed by atoms with Gasteiger partial charge in [-0.25, -0.2) is 9.78 Å². The van der Waals surface area contributed by atoms with Gasteiger partial charge in [-0.05, 0) is 29.9 Å². The number of carboxylic acids is 1. The molecular weight excluding hydrogens is 314 g/mol. The van der Waals surface area contributed by atoms with Crippen LogP contribution >= 0.6 is 22.7 Å². The zero-order valence-corrected chi connectivity index (χ0v) is 13.9. The van der Waals surface area contributed by atoms with Crippen LogP contribution in [0.5, 0.6) is 0 Å². The van der Waals surface area contributed by atoms with E-state index in [0.717, 1.165) is 25.9 Å². The fourth-order valence-electron chi connectivity index (χ4n) is 2.42. The smallest absolute Gasteiger partial charge is 0.355 e. The van der Waals surface area contributed by atoms with Crippen molar-refractivity contribution in [3.63, 3.8) is 0 Å². The summed E-state index contributed by atoms with van der Waals surface area (Å²) in [4.78, 5) is 17.6. The van der Waals surface area contributed by atoms with Crippen molar-refractivity contribution in [2.24, 2.45) is 0 Å². The Morgan fingerprint density at radius 1 is 1.27 bits per heavy atom. The SMILES string of the molecule is CCc1sc(-c2scc(C)c2-c2ccccc2)nc1C(=O)O. The Morgan fingerprint density at radius 3 is 2.59 bits per heavy atom. The molecule has 1 N–H and O–H groups in total. The molecule has 0 bridgehead atoms. The van der Waals surface area contributed by atoms with Gasteiger partial charge in [0.15, 0.2) is 5.69 Å². The van der Waals surface area contributed by atoms with E-state index >= 15 is 0 Å². The maximum Gasteiger partial charge on any atom is 0.355 e. The van der Waals surface area contributed by atoms with E-state index in [9.17, 15) is 9.90 Å². The highest BCUT2D eigenvalue weighted by Gasteiger charge is 2.21.